The minimum Gasteiger partial charge on any atom is -0.444 e. The molecule has 1 atom stereocenters. The van der Waals surface area contributed by atoms with E-state index in [-0.39, 0.29) is 11.9 Å². The molecule has 2 heterocycles. The summed E-state index contributed by atoms with van der Waals surface area (Å²) in [6.45, 7) is 6.39. The number of rotatable bonds is 2. The summed E-state index contributed by atoms with van der Waals surface area (Å²) < 4.78 is 18.1. The second kappa shape index (κ2) is 6.93. The van der Waals surface area contributed by atoms with Crippen molar-refractivity contribution in [2.24, 2.45) is 0 Å². The molecule has 0 saturated carbocycles. The molecule has 126 valence electrons. The van der Waals surface area contributed by atoms with Crippen LogP contribution in [0.15, 0.2) is 18.3 Å². The molecule has 2 amide bonds. The number of likely N-dealkylation sites (tertiary alicyclic amines) is 1. The predicted molar refractivity (Wildman–Crippen MR) is 82.5 cm³/mol. The zero-order valence-corrected chi connectivity index (χ0v) is 13.6. The predicted octanol–water partition coefficient (Wildman–Crippen LogP) is 2.35. The Bertz CT molecular complexity index is 569. The third-order valence-electron chi connectivity index (χ3n) is 3.40. The lowest BCUT2D eigenvalue weighted by atomic mass is 10.0. The van der Waals surface area contributed by atoms with Crippen LogP contribution < -0.4 is 5.32 Å². The van der Waals surface area contributed by atoms with Crippen molar-refractivity contribution in [3.05, 3.63) is 29.8 Å². The van der Waals surface area contributed by atoms with Crippen molar-refractivity contribution in [3.8, 4) is 0 Å². The number of carbonyl (C=O) groups is 2. The zero-order chi connectivity index (χ0) is 17.0. The van der Waals surface area contributed by atoms with Gasteiger partial charge in [-0.15, -0.1) is 0 Å². The van der Waals surface area contributed by atoms with Gasteiger partial charge in [-0.1, -0.05) is 0 Å². The van der Waals surface area contributed by atoms with E-state index in [1.165, 1.54) is 12.3 Å². The number of hydrogen-bond donors (Lipinski definition) is 1. The minimum atomic E-state index is -0.621. The van der Waals surface area contributed by atoms with Gasteiger partial charge in [0.1, 0.15) is 5.60 Å². The molecule has 6 nitrogen and oxygen atoms in total. The summed E-state index contributed by atoms with van der Waals surface area (Å²) in [7, 11) is 0. The van der Waals surface area contributed by atoms with Gasteiger partial charge in [-0.25, -0.2) is 9.78 Å². The summed E-state index contributed by atoms with van der Waals surface area (Å²) in [5.74, 6) is -0.835. The Kier molecular flexibility index (Phi) is 5.18. The number of nitrogens with one attached hydrogen (secondary N) is 1. The molecule has 0 aromatic carbocycles. The molecule has 1 aliphatic rings. The van der Waals surface area contributed by atoms with Gasteiger partial charge in [-0.3, -0.25) is 4.79 Å². The van der Waals surface area contributed by atoms with Crippen molar-refractivity contribution >= 4 is 12.0 Å². The average molecular weight is 323 g/mol. The summed E-state index contributed by atoms with van der Waals surface area (Å²) >= 11 is 0. The van der Waals surface area contributed by atoms with Crippen LogP contribution >= 0.6 is 0 Å². The fraction of sp³-hybridized carbons (Fsp3) is 0.562. The zero-order valence-electron chi connectivity index (χ0n) is 13.6. The molecule has 0 bridgehead atoms. The van der Waals surface area contributed by atoms with E-state index in [1.807, 2.05) is 0 Å². The van der Waals surface area contributed by atoms with E-state index in [4.69, 9.17) is 4.74 Å². The molecule has 0 radical (unpaired) electrons. The van der Waals surface area contributed by atoms with Gasteiger partial charge in [0, 0.05) is 25.3 Å². The molecule has 0 unspecified atom stereocenters. The van der Waals surface area contributed by atoms with E-state index in [0.717, 1.165) is 18.9 Å². The lowest BCUT2D eigenvalue weighted by Crippen LogP contribution is -2.50. The number of hydrogen-bond acceptors (Lipinski definition) is 4. The van der Waals surface area contributed by atoms with Crippen molar-refractivity contribution < 1.29 is 18.7 Å². The highest BCUT2D eigenvalue weighted by molar-refractivity contribution is 5.94. The van der Waals surface area contributed by atoms with Crippen LogP contribution in [0.3, 0.4) is 0 Å². The van der Waals surface area contributed by atoms with Crippen LogP contribution in [0.4, 0.5) is 9.18 Å². The van der Waals surface area contributed by atoms with Crippen LogP contribution in [-0.4, -0.2) is 46.6 Å². The minimum absolute atomic E-state index is 0.157. The van der Waals surface area contributed by atoms with Crippen LogP contribution in [0.5, 0.6) is 0 Å². The van der Waals surface area contributed by atoms with Gasteiger partial charge < -0.3 is 15.0 Å². The summed E-state index contributed by atoms with van der Waals surface area (Å²) in [6.07, 6.45) is 2.30. The number of alkyl carbamates (subject to hydrolysis) is 1. The molecular formula is C16H22FN3O3. The van der Waals surface area contributed by atoms with E-state index in [1.54, 1.807) is 25.7 Å². The smallest absolute Gasteiger partial charge is 0.407 e. The number of amides is 2. The fourth-order valence-electron chi connectivity index (χ4n) is 2.44. The maximum atomic E-state index is 12.8. The second-order valence-electron chi connectivity index (χ2n) is 6.61. The van der Waals surface area contributed by atoms with Crippen LogP contribution in [0, 0.1) is 5.95 Å². The lowest BCUT2D eigenvalue weighted by molar-refractivity contribution is 0.0452. The lowest BCUT2D eigenvalue weighted by Gasteiger charge is -2.33. The Hall–Kier alpha value is -2.18. The summed E-state index contributed by atoms with van der Waals surface area (Å²) in [4.78, 5) is 29.4. The highest BCUT2D eigenvalue weighted by Gasteiger charge is 2.27. The largest absolute Gasteiger partial charge is 0.444 e. The molecule has 1 fully saturated rings. The summed E-state index contributed by atoms with van der Waals surface area (Å²) in [6, 6.07) is 2.42. The Morgan fingerprint density at radius 1 is 1.39 bits per heavy atom. The molecule has 1 saturated heterocycles. The average Bonchev–Trinajstić information content (AvgIpc) is 2.45. The van der Waals surface area contributed by atoms with Gasteiger partial charge in [-0.2, -0.15) is 4.39 Å². The van der Waals surface area contributed by atoms with Crippen molar-refractivity contribution in [2.45, 2.75) is 45.3 Å². The fourth-order valence-corrected chi connectivity index (χ4v) is 2.44. The number of halogens is 1. The first-order valence-electron chi connectivity index (χ1n) is 7.65. The first kappa shape index (κ1) is 17.2. The number of pyridine rings is 1. The summed E-state index contributed by atoms with van der Waals surface area (Å²) in [5, 5.41) is 2.79. The maximum Gasteiger partial charge on any atom is 0.407 e. The normalized spacial score (nSPS) is 18.4. The van der Waals surface area contributed by atoms with E-state index < -0.39 is 17.6 Å². The van der Waals surface area contributed by atoms with Gasteiger partial charge >= 0.3 is 6.09 Å². The molecule has 0 spiro atoms. The van der Waals surface area contributed by atoms with E-state index in [2.05, 4.69) is 10.3 Å². The standard InChI is InChI=1S/C16H22FN3O3/c1-16(2,3)23-15(22)19-12-5-4-8-20(10-12)14(21)11-6-7-13(17)18-9-11/h6-7,9,12H,4-5,8,10H2,1-3H3,(H,19,22)/t12-/m1/s1. The van der Waals surface area contributed by atoms with Crippen LogP contribution in [0.25, 0.3) is 0 Å². The van der Waals surface area contributed by atoms with Gasteiger partial charge in [-0.05, 0) is 45.7 Å². The summed E-state index contributed by atoms with van der Waals surface area (Å²) in [5.41, 5.74) is -0.224. The van der Waals surface area contributed by atoms with Crippen molar-refractivity contribution in [2.75, 3.05) is 13.1 Å². The van der Waals surface area contributed by atoms with E-state index >= 15 is 0 Å². The highest BCUT2D eigenvalue weighted by Crippen LogP contribution is 2.15. The van der Waals surface area contributed by atoms with Crippen molar-refractivity contribution in [3.63, 3.8) is 0 Å². The molecule has 0 aliphatic carbocycles. The topological polar surface area (TPSA) is 71.5 Å². The third kappa shape index (κ3) is 5.19. The molecule has 23 heavy (non-hydrogen) atoms. The Balaban J connectivity index is 1.94. The SMILES string of the molecule is CC(C)(C)OC(=O)N[C@@H]1CCCN(C(=O)c2ccc(F)nc2)C1. The quantitative estimate of drug-likeness (QED) is 0.848. The molecular weight excluding hydrogens is 301 g/mol. The monoisotopic (exact) mass is 323 g/mol. The highest BCUT2D eigenvalue weighted by atomic mass is 19.1. The molecule has 1 N–H and O–H groups in total. The van der Waals surface area contributed by atoms with Crippen LogP contribution in [-0.2, 0) is 4.74 Å². The molecule has 1 aromatic rings. The Morgan fingerprint density at radius 3 is 2.74 bits per heavy atom. The van der Waals surface area contributed by atoms with Gasteiger partial charge in [0.05, 0.1) is 5.56 Å². The van der Waals surface area contributed by atoms with Gasteiger partial charge in [0.2, 0.25) is 5.95 Å². The Labute approximate surface area is 135 Å². The first-order chi connectivity index (χ1) is 10.7. The van der Waals surface area contributed by atoms with E-state index in [0.29, 0.717) is 18.7 Å². The number of carbonyl (C=O) groups excluding carboxylic acids is 2. The number of piperidine rings is 1. The first-order valence-corrected chi connectivity index (χ1v) is 7.65. The van der Waals surface area contributed by atoms with E-state index in [9.17, 15) is 14.0 Å². The second-order valence-corrected chi connectivity index (χ2v) is 6.61. The van der Waals surface area contributed by atoms with Crippen LogP contribution in [0.1, 0.15) is 44.0 Å². The van der Waals surface area contributed by atoms with Crippen LogP contribution in [0.2, 0.25) is 0 Å². The van der Waals surface area contributed by atoms with Crippen molar-refractivity contribution in [1.29, 1.82) is 0 Å². The molecule has 7 heteroatoms. The third-order valence-corrected chi connectivity index (χ3v) is 3.40. The number of nitrogens with zero attached hydrogens (tertiary/aromatic N) is 2. The molecule has 1 aliphatic heterocycles. The van der Waals surface area contributed by atoms with Gasteiger partial charge in [0.15, 0.2) is 0 Å². The van der Waals surface area contributed by atoms with Gasteiger partial charge in [0.25, 0.3) is 5.91 Å². The number of aromatic nitrogens is 1. The Morgan fingerprint density at radius 2 is 2.13 bits per heavy atom. The number of ether oxygens (including phenoxy) is 1. The molecule has 1 aromatic heterocycles. The maximum absolute atomic E-state index is 12.8. The molecule has 2 rings (SSSR count). The van der Waals surface area contributed by atoms with Crippen molar-refractivity contribution in [1.82, 2.24) is 15.2 Å².